The number of carbonyl (C=O) groups is 2. The summed E-state index contributed by atoms with van der Waals surface area (Å²) in [6.45, 7) is 0. The van der Waals surface area contributed by atoms with Crippen LogP contribution in [0.25, 0.3) is 5.57 Å². The first-order valence-corrected chi connectivity index (χ1v) is 11.4. The second-order valence-corrected chi connectivity index (χ2v) is 8.68. The lowest BCUT2D eigenvalue weighted by molar-refractivity contribution is -0.167. The van der Waals surface area contributed by atoms with Gasteiger partial charge < -0.3 is 9.47 Å². The van der Waals surface area contributed by atoms with Gasteiger partial charge in [-0.3, -0.25) is 9.59 Å². The number of fused-ring (bicyclic) bond motifs is 3. The molecule has 0 aromatic heterocycles. The van der Waals surface area contributed by atoms with Crippen molar-refractivity contribution in [1.29, 1.82) is 0 Å². The standard InChI is InChI=1S/C30H26O4/c1-33-28(31)30(29(32)34-2)24-17-11-5-10-16-22(24)27-23(18-19-25(27)30)26(20-12-6-3-7-13-20)21-14-8-4-9-15-21/h3-19,22,25,27H,1-2H3/t22-,25-,27+/m1/s1. The summed E-state index contributed by atoms with van der Waals surface area (Å²) in [5, 5.41) is 0. The molecule has 0 unspecified atom stereocenters. The Hall–Kier alpha value is -3.92. The summed E-state index contributed by atoms with van der Waals surface area (Å²) in [5.74, 6) is -1.88. The van der Waals surface area contributed by atoms with Crippen LogP contribution in [0, 0.1) is 23.2 Å². The second kappa shape index (κ2) is 8.79. The third kappa shape index (κ3) is 3.13. The fourth-order valence-corrected chi connectivity index (χ4v) is 5.86. The van der Waals surface area contributed by atoms with Gasteiger partial charge in [0.25, 0.3) is 0 Å². The molecule has 5 rings (SSSR count). The third-order valence-corrected chi connectivity index (χ3v) is 7.18. The first-order chi connectivity index (χ1) is 16.6. The smallest absolute Gasteiger partial charge is 0.328 e. The summed E-state index contributed by atoms with van der Waals surface area (Å²) < 4.78 is 10.5. The van der Waals surface area contributed by atoms with E-state index in [0.29, 0.717) is 5.57 Å². The largest absolute Gasteiger partial charge is 0.468 e. The fraction of sp³-hybridized carbons (Fsp3) is 0.200. The molecule has 0 heterocycles. The van der Waals surface area contributed by atoms with Crippen molar-refractivity contribution in [2.45, 2.75) is 0 Å². The highest BCUT2D eigenvalue weighted by Gasteiger charge is 2.67. The molecule has 3 atom stereocenters. The molecule has 0 bridgehead atoms. The average molecular weight is 451 g/mol. The summed E-state index contributed by atoms with van der Waals surface area (Å²) in [6, 6.07) is 20.5. The van der Waals surface area contributed by atoms with E-state index >= 15 is 0 Å². The van der Waals surface area contributed by atoms with Gasteiger partial charge in [0, 0.05) is 17.8 Å². The molecule has 0 radical (unpaired) electrons. The number of hydrogen-bond acceptors (Lipinski definition) is 4. The van der Waals surface area contributed by atoms with Crippen LogP contribution in [0.5, 0.6) is 0 Å². The van der Waals surface area contributed by atoms with E-state index in [2.05, 4.69) is 36.4 Å². The van der Waals surface area contributed by atoms with E-state index in [-0.39, 0.29) is 11.8 Å². The highest BCUT2D eigenvalue weighted by atomic mass is 16.5. The van der Waals surface area contributed by atoms with Gasteiger partial charge in [0.2, 0.25) is 0 Å². The van der Waals surface area contributed by atoms with Crippen LogP contribution in [0.3, 0.4) is 0 Å². The Morgan fingerprint density at radius 3 is 1.91 bits per heavy atom. The van der Waals surface area contributed by atoms with E-state index in [4.69, 9.17) is 9.47 Å². The molecular weight excluding hydrogens is 424 g/mol. The quantitative estimate of drug-likeness (QED) is 0.468. The Balaban J connectivity index is 1.80. The molecule has 170 valence electrons. The van der Waals surface area contributed by atoms with Crippen LogP contribution in [0.2, 0.25) is 0 Å². The summed E-state index contributed by atoms with van der Waals surface area (Å²) >= 11 is 0. The van der Waals surface area contributed by atoms with Gasteiger partial charge in [-0.25, -0.2) is 0 Å². The maximum atomic E-state index is 13.4. The normalized spacial score (nSPS) is 23.5. The maximum Gasteiger partial charge on any atom is 0.328 e. The minimum absolute atomic E-state index is 0.129. The van der Waals surface area contributed by atoms with Crippen molar-refractivity contribution in [3.05, 3.63) is 125 Å². The lowest BCUT2D eigenvalue weighted by atomic mass is 9.73. The van der Waals surface area contributed by atoms with E-state index in [1.54, 1.807) is 0 Å². The van der Waals surface area contributed by atoms with Crippen LogP contribution >= 0.6 is 0 Å². The van der Waals surface area contributed by atoms with Crippen molar-refractivity contribution in [3.63, 3.8) is 0 Å². The predicted octanol–water partition coefficient (Wildman–Crippen LogP) is 5.31. The molecule has 2 aromatic carbocycles. The van der Waals surface area contributed by atoms with Crippen molar-refractivity contribution >= 4 is 17.5 Å². The van der Waals surface area contributed by atoms with Crippen molar-refractivity contribution < 1.29 is 19.1 Å². The number of methoxy groups -OCH3 is 2. The van der Waals surface area contributed by atoms with Crippen LogP contribution in [0.1, 0.15) is 11.1 Å². The number of esters is 2. The highest BCUT2D eigenvalue weighted by Crippen LogP contribution is 2.62. The molecule has 0 aliphatic heterocycles. The lowest BCUT2D eigenvalue weighted by Crippen LogP contribution is -2.45. The highest BCUT2D eigenvalue weighted by molar-refractivity contribution is 6.06. The van der Waals surface area contributed by atoms with Crippen molar-refractivity contribution in [3.8, 4) is 0 Å². The molecule has 1 fully saturated rings. The number of ether oxygens (including phenoxy) is 2. The molecule has 0 amide bonds. The van der Waals surface area contributed by atoms with Gasteiger partial charge in [0.15, 0.2) is 5.41 Å². The molecule has 0 N–H and O–H groups in total. The molecule has 3 aliphatic carbocycles. The Kier molecular flexibility index (Phi) is 5.66. The predicted molar refractivity (Wildman–Crippen MR) is 131 cm³/mol. The number of benzene rings is 2. The van der Waals surface area contributed by atoms with Crippen LogP contribution < -0.4 is 0 Å². The molecule has 0 saturated heterocycles. The number of carbonyl (C=O) groups excluding carboxylic acids is 2. The molecule has 1 saturated carbocycles. The van der Waals surface area contributed by atoms with Crippen LogP contribution in [0.4, 0.5) is 0 Å². The van der Waals surface area contributed by atoms with Gasteiger partial charge in [-0.2, -0.15) is 0 Å². The summed E-state index contributed by atoms with van der Waals surface area (Å²) in [5.41, 5.74) is 3.55. The minimum atomic E-state index is -1.53. The number of allylic oxidation sites excluding steroid dienone is 8. The van der Waals surface area contributed by atoms with E-state index in [1.807, 2.05) is 66.8 Å². The minimum Gasteiger partial charge on any atom is -0.468 e. The van der Waals surface area contributed by atoms with E-state index < -0.39 is 23.3 Å². The first-order valence-electron chi connectivity index (χ1n) is 11.4. The summed E-state index contributed by atoms with van der Waals surface area (Å²) in [6.07, 6.45) is 13.8. The van der Waals surface area contributed by atoms with E-state index in [1.165, 1.54) is 14.2 Å². The van der Waals surface area contributed by atoms with Crippen molar-refractivity contribution in [2.24, 2.45) is 23.2 Å². The molecule has 0 spiro atoms. The second-order valence-electron chi connectivity index (χ2n) is 8.68. The SMILES string of the molecule is COC(=O)C1(C(=O)OC)C2=CC=CC=C[C@H]2[C@H]2C(=C(c3ccccc3)c3ccccc3)C=C[C@H]21. The van der Waals surface area contributed by atoms with Gasteiger partial charge in [-0.1, -0.05) is 103 Å². The summed E-state index contributed by atoms with van der Waals surface area (Å²) in [4.78, 5) is 26.8. The van der Waals surface area contributed by atoms with E-state index in [9.17, 15) is 9.59 Å². The van der Waals surface area contributed by atoms with Gasteiger partial charge >= 0.3 is 11.9 Å². The third-order valence-electron chi connectivity index (χ3n) is 7.18. The molecule has 2 aromatic rings. The lowest BCUT2D eigenvalue weighted by Gasteiger charge is -2.30. The Bertz CT molecular complexity index is 1200. The van der Waals surface area contributed by atoms with Gasteiger partial charge in [-0.05, 0) is 27.8 Å². The molecule has 4 nitrogen and oxygen atoms in total. The topological polar surface area (TPSA) is 52.6 Å². The molecular formula is C30H26O4. The zero-order valence-corrected chi connectivity index (χ0v) is 19.2. The maximum absolute atomic E-state index is 13.4. The average Bonchev–Trinajstić information content (AvgIpc) is 3.31. The van der Waals surface area contributed by atoms with Crippen LogP contribution in [0.15, 0.2) is 114 Å². The number of hydrogen-bond donors (Lipinski definition) is 0. The van der Waals surface area contributed by atoms with Crippen molar-refractivity contribution in [1.82, 2.24) is 0 Å². The van der Waals surface area contributed by atoms with Gasteiger partial charge in [0.05, 0.1) is 14.2 Å². The van der Waals surface area contributed by atoms with Crippen LogP contribution in [-0.4, -0.2) is 26.2 Å². The number of rotatable bonds is 4. The Morgan fingerprint density at radius 1 is 0.765 bits per heavy atom. The van der Waals surface area contributed by atoms with Gasteiger partial charge in [0.1, 0.15) is 0 Å². The molecule has 4 heteroatoms. The molecule has 34 heavy (non-hydrogen) atoms. The van der Waals surface area contributed by atoms with E-state index in [0.717, 1.165) is 22.3 Å². The first kappa shape index (κ1) is 21.9. The van der Waals surface area contributed by atoms with Gasteiger partial charge in [-0.15, -0.1) is 0 Å². The Morgan fingerprint density at radius 2 is 1.35 bits per heavy atom. The zero-order chi connectivity index (χ0) is 23.7. The van der Waals surface area contributed by atoms with Crippen molar-refractivity contribution in [2.75, 3.05) is 14.2 Å². The molecule has 3 aliphatic rings. The fourth-order valence-electron chi connectivity index (χ4n) is 5.86. The van der Waals surface area contributed by atoms with Crippen LogP contribution in [-0.2, 0) is 19.1 Å². The Labute approximate surface area is 199 Å². The summed E-state index contributed by atoms with van der Waals surface area (Å²) in [7, 11) is 2.65. The zero-order valence-electron chi connectivity index (χ0n) is 19.2. The monoisotopic (exact) mass is 450 g/mol.